The second-order valence-corrected chi connectivity index (χ2v) is 10.4. The van der Waals surface area contributed by atoms with Crippen LogP contribution in [-0.4, -0.2) is 34.7 Å². The van der Waals surface area contributed by atoms with E-state index in [2.05, 4.69) is 15.6 Å². The van der Waals surface area contributed by atoms with Crippen molar-refractivity contribution in [2.75, 3.05) is 0 Å². The zero-order valence-corrected chi connectivity index (χ0v) is 20.8. The number of aromatic nitrogens is 1. The number of benzene rings is 2. The molecule has 2 aromatic carbocycles. The summed E-state index contributed by atoms with van der Waals surface area (Å²) in [5, 5.41) is 9.00. The van der Waals surface area contributed by atoms with E-state index in [1.165, 1.54) is 0 Å². The average Bonchev–Trinajstić information content (AvgIpc) is 3.27. The first-order chi connectivity index (χ1) is 17.2. The van der Waals surface area contributed by atoms with Gasteiger partial charge in [0.15, 0.2) is 0 Å². The van der Waals surface area contributed by atoms with Gasteiger partial charge in [0, 0.05) is 46.4 Å². The van der Waals surface area contributed by atoms with E-state index >= 15 is 0 Å². The summed E-state index contributed by atoms with van der Waals surface area (Å²) in [7, 11) is 0. The summed E-state index contributed by atoms with van der Waals surface area (Å²) in [6.45, 7) is 5.55. The Labute approximate surface area is 210 Å². The van der Waals surface area contributed by atoms with Gasteiger partial charge in [0.1, 0.15) is 16.9 Å². The van der Waals surface area contributed by atoms with E-state index in [-0.39, 0.29) is 24.1 Å². The molecule has 7 nitrogen and oxygen atoms in total. The number of nitrogens with one attached hydrogen (secondary N) is 2. The van der Waals surface area contributed by atoms with Crippen molar-refractivity contribution in [3.63, 3.8) is 0 Å². The Hall–Kier alpha value is -3.87. The van der Waals surface area contributed by atoms with Crippen molar-refractivity contribution in [3.8, 4) is 11.3 Å². The molecule has 0 radical (unpaired) electrons. The molecule has 1 aliphatic carbocycles. The molecule has 4 aromatic rings. The lowest BCUT2D eigenvalue weighted by molar-refractivity contribution is 0.0488. The molecule has 2 heterocycles. The van der Waals surface area contributed by atoms with E-state index in [9.17, 15) is 9.59 Å². The van der Waals surface area contributed by atoms with Gasteiger partial charge in [0.05, 0.1) is 0 Å². The fourth-order valence-corrected chi connectivity index (χ4v) is 4.74. The molecule has 1 aliphatic rings. The summed E-state index contributed by atoms with van der Waals surface area (Å²) < 4.78 is 11.4. The third kappa shape index (κ3) is 5.35. The lowest BCUT2D eigenvalue weighted by Crippen LogP contribution is -2.45. The predicted molar refractivity (Wildman–Crippen MR) is 140 cm³/mol. The second kappa shape index (κ2) is 9.64. The van der Waals surface area contributed by atoms with Crippen molar-refractivity contribution in [3.05, 3.63) is 66.5 Å². The Morgan fingerprint density at radius 2 is 1.64 bits per heavy atom. The molecule has 0 aliphatic heterocycles. The van der Waals surface area contributed by atoms with E-state index in [1.54, 1.807) is 12.4 Å². The third-order valence-corrected chi connectivity index (χ3v) is 6.50. The van der Waals surface area contributed by atoms with Crippen LogP contribution >= 0.6 is 0 Å². The second-order valence-electron chi connectivity index (χ2n) is 10.4. The van der Waals surface area contributed by atoms with Crippen molar-refractivity contribution in [2.24, 2.45) is 0 Å². The molecule has 186 valence electrons. The first-order valence-corrected chi connectivity index (χ1v) is 12.4. The van der Waals surface area contributed by atoms with E-state index in [0.29, 0.717) is 5.56 Å². The summed E-state index contributed by atoms with van der Waals surface area (Å²) in [5.41, 5.74) is 1.75. The van der Waals surface area contributed by atoms with Gasteiger partial charge in [-0.3, -0.25) is 9.78 Å². The van der Waals surface area contributed by atoms with Crippen LogP contribution in [0.1, 0.15) is 56.8 Å². The van der Waals surface area contributed by atoms with Crippen LogP contribution in [0.25, 0.3) is 33.1 Å². The molecule has 0 unspecified atom stereocenters. The minimum atomic E-state index is -0.518. The normalized spacial score (nSPS) is 18.2. The molecular formula is C29H31N3O4. The number of rotatable bonds is 4. The molecule has 2 N–H and O–H groups in total. The first-order valence-electron chi connectivity index (χ1n) is 12.4. The number of hydrogen-bond donors (Lipinski definition) is 2. The maximum absolute atomic E-state index is 13.1. The van der Waals surface area contributed by atoms with Gasteiger partial charge in [-0.25, -0.2) is 4.79 Å². The number of alkyl carbamates (subject to hydrolysis) is 1. The van der Waals surface area contributed by atoms with Crippen molar-refractivity contribution >= 4 is 33.7 Å². The monoisotopic (exact) mass is 485 g/mol. The largest absolute Gasteiger partial charge is 0.456 e. The molecule has 0 bridgehead atoms. The van der Waals surface area contributed by atoms with Crippen molar-refractivity contribution in [1.29, 1.82) is 0 Å². The van der Waals surface area contributed by atoms with Crippen LogP contribution in [-0.2, 0) is 4.74 Å². The van der Waals surface area contributed by atoms with E-state index < -0.39 is 5.60 Å². The quantitative estimate of drug-likeness (QED) is 0.358. The Balaban J connectivity index is 1.27. The highest BCUT2D eigenvalue weighted by atomic mass is 16.6. The number of carbonyl (C=O) groups is 2. The molecule has 1 fully saturated rings. The van der Waals surface area contributed by atoms with E-state index in [1.807, 2.05) is 69.3 Å². The van der Waals surface area contributed by atoms with Gasteiger partial charge in [0.25, 0.3) is 5.91 Å². The number of furan rings is 1. The topological polar surface area (TPSA) is 93.5 Å². The van der Waals surface area contributed by atoms with Gasteiger partial charge < -0.3 is 19.8 Å². The molecule has 0 spiro atoms. The van der Waals surface area contributed by atoms with Gasteiger partial charge in [-0.05, 0) is 76.1 Å². The van der Waals surface area contributed by atoms with Crippen LogP contribution in [0.3, 0.4) is 0 Å². The molecule has 36 heavy (non-hydrogen) atoms. The maximum atomic E-state index is 13.1. The summed E-state index contributed by atoms with van der Waals surface area (Å²) in [5.74, 6) is 0.621. The minimum Gasteiger partial charge on any atom is -0.456 e. The molecule has 7 heteroatoms. The van der Waals surface area contributed by atoms with Gasteiger partial charge >= 0.3 is 6.09 Å². The van der Waals surface area contributed by atoms with Crippen LogP contribution in [0, 0.1) is 0 Å². The molecule has 0 atom stereocenters. The molecular weight excluding hydrogens is 454 g/mol. The van der Waals surface area contributed by atoms with Gasteiger partial charge in [-0.1, -0.05) is 24.3 Å². The number of pyridine rings is 1. The van der Waals surface area contributed by atoms with Crippen LogP contribution in [0.2, 0.25) is 0 Å². The minimum absolute atomic E-state index is 0.0625. The number of ether oxygens (including phenoxy) is 1. The highest BCUT2D eigenvalue weighted by molar-refractivity contribution is 6.03. The lowest BCUT2D eigenvalue weighted by atomic mass is 9.91. The maximum Gasteiger partial charge on any atom is 0.407 e. The smallest absolute Gasteiger partial charge is 0.407 e. The Morgan fingerprint density at radius 3 is 2.36 bits per heavy atom. The molecule has 2 aromatic heterocycles. The summed E-state index contributed by atoms with van der Waals surface area (Å²) >= 11 is 0. The summed E-state index contributed by atoms with van der Waals surface area (Å²) in [6.07, 6.45) is 6.37. The molecule has 5 rings (SSSR count). The number of fused-ring (bicyclic) bond motifs is 2. The molecule has 1 saturated carbocycles. The van der Waals surface area contributed by atoms with Crippen molar-refractivity contribution in [1.82, 2.24) is 15.6 Å². The third-order valence-electron chi connectivity index (χ3n) is 6.50. The highest BCUT2D eigenvalue weighted by Crippen LogP contribution is 2.33. The average molecular weight is 486 g/mol. The standard InChI is InChI=1S/C29H31N3O4/c1-29(2,3)36-28(34)32-22-12-10-21(11-13-22)31-27(33)19-8-9-20-16-30-17-24(23(20)14-19)26-15-18-6-4-5-7-25(18)35-26/h4-9,14-17,21-22H,10-13H2,1-3H3,(H,31,33)(H,32,34). The molecule has 2 amide bonds. The number of para-hydroxylation sites is 1. The fourth-order valence-electron chi connectivity index (χ4n) is 4.74. The summed E-state index contributed by atoms with van der Waals surface area (Å²) in [6, 6.07) is 15.7. The van der Waals surface area contributed by atoms with Gasteiger partial charge in [-0.15, -0.1) is 0 Å². The number of hydrogen-bond acceptors (Lipinski definition) is 5. The zero-order valence-electron chi connectivity index (χ0n) is 20.8. The van der Waals surface area contributed by atoms with Gasteiger partial charge in [0.2, 0.25) is 0 Å². The molecule has 0 saturated heterocycles. The Bertz CT molecular complexity index is 1380. The van der Waals surface area contributed by atoms with Crippen LogP contribution in [0.4, 0.5) is 4.79 Å². The summed E-state index contributed by atoms with van der Waals surface area (Å²) in [4.78, 5) is 29.5. The van der Waals surface area contributed by atoms with E-state index in [0.717, 1.165) is 58.7 Å². The van der Waals surface area contributed by atoms with Crippen molar-refractivity contribution in [2.45, 2.75) is 64.1 Å². The van der Waals surface area contributed by atoms with Crippen LogP contribution in [0.15, 0.2) is 65.3 Å². The Morgan fingerprint density at radius 1 is 0.917 bits per heavy atom. The van der Waals surface area contributed by atoms with E-state index in [4.69, 9.17) is 9.15 Å². The first kappa shape index (κ1) is 23.9. The van der Waals surface area contributed by atoms with Crippen LogP contribution in [0.5, 0.6) is 0 Å². The number of nitrogens with zero attached hydrogens (tertiary/aromatic N) is 1. The predicted octanol–water partition coefficient (Wildman–Crippen LogP) is 6.21. The number of amides is 2. The van der Waals surface area contributed by atoms with Gasteiger partial charge in [-0.2, -0.15) is 0 Å². The lowest BCUT2D eigenvalue weighted by Gasteiger charge is -2.30. The fraction of sp³-hybridized carbons (Fsp3) is 0.345. The highest BCUT2D eigenvalue weighted by Gasteiger charge is 2.26. The van der Waals surface area contributed by atoms with Crippen molar-refractivity contribution < 1.29 is 18.7 Å². The zero-order chi connectivity index (χ0) is 25.3. The number of carbonyl (C=O) groups excluding carboxylic acids is 2. The SMILES string of the molecule is CC(C)(C)OC(=O)NC1CCC(NC(=O)c2ccc3cncc(-c4cc5ccccc5o4)c3c2)CC1. The van der Waals surface area contributed by atoms with Crippen LogP contribution < -0.4 is 10.6 Å². The Kier molecular flexibility index (Phi) is 6.39.